The van der Waals surface area contributed by atoms with E-state index in [2.05, 4.69) is 15.0 Å². The third-order valence-corrected chi connectivity index (χ3v) is 7.23. The molecule has 24 heavy (non-hydrogen) atoms. The second-order valence-electron chi connectivity index (χ2n) is 5.78. The van der Waals surface area contributed by atoms with Gasteiger partial charge in [-0.25, -0.2) is 21.6 Å². The summed E-state index contributed by atoms with van der Waals surface area (Å²) >= 11 is 0. The van der Waals surface area contributed by atoms with Crippen molar-refractivity contribution < 1.29 is 16.8 Å². The van der Waals surface area contributed by atoms with E-state index in [1.807, 2.05) is 12.1 Å². The van der Waals surface area contributed by atoms with Crippen LogP contribution >= 0.6 is 0 Å². The lowest BCUT2D eigenvalue weighted by atomic mass is 10.2. The molecule has 0 unspecified atom stereocenters. The van der Waals surface area contributed by atoms with Gasteiger partial charge in [-0.05, 0) is 18.6 Å². The molecule has 130 valence electrons. The Kier molecular flexibility index (Phi) is 4.86. The van der Waals surface area contributed by atoms with Gasteiger partial charge in [-0.2, -0.15) is 0 Å². The lowest BCUT2D eigenvalue weighted by Crippen LogP contribution is -2.37. The Morgan fingerprint density at radius 3 is 2.71 bits per heavy atom. The van der Waals surface area contributed by atoms with Gasteiger partial charge >= 0.3 is 0 Å². The molecule has 0 aliphatic carbocycles. The molecule has 7 nitrogen and oxygen atoms in total. The number of rotatable bonds is 6. The predicted molar refractivity (Wildman–Crippen MR) is 92.0 cm³/mol. The lowest BCUT2D eigenvalue weighted by molar-refractivity contribution is 0.542. The van der Waals surface area contributed by atoms with E-state index in [9.17, 15) is 16.8 Å². The summed E-state index contributed by atoms with van der Waals surface area (Å²) in [6.45, 7) is 0.555. The van der Waals surface area contributed by atoms with Crippen LogP contribution in [-0.2, 0) is 19.9 Å². The van der Waals surface area contributed by atoms with Gasteiger partial charge in [0, 0.05) is 30.7 Å². The Balaban J connectivity index is 1.62. The topological polar surface area (TPSA) is 105 Å². The number of aromatic nitrogens is 1. The van der Waals surface area contributed by atoms with E-state index in [1.165, 1.54) is 6.07 Å². The van der Waals surface area contributed by atoms with Crippen LogP contribution in [0.4, 0.5) is 0 Å². The van der Waals surface area contributed by atoms with Crippen molar-refractivity contribution in [1.82, 2.24) is 15.0 Å². The summed E-state index contributed by atoms with van der Waals surface area (Å²) in [4.78, 5) is 4.30. The molecule has 1 fully saturated rings. The number of nitrogens with zero attached hydrogens (tertiary/aromatic N) is 1. The molecule has 2 heterocycles. The molecule has 1 aromatic heterocycles. The zero-order valence-electron chi connectivity index (χ0n) is 13.0. The molecule has 1 aliphatic heterocycles. The van der Waals surface area contributed by atoms with E-state index < -0.39 is 19.9 Å². The van der Waals surface area contributed by atoms with Crippen LogP contribution in [0.2, 0.25) is 0 Å². The molecule has 1 atom stereocenters. The smallest absolute Gasteiger partial charge is 0.242 e. The molecule has 0 amide bonds. The maximum atomic E-state index is 12.5. The van der Waals surface area contributed by atoms with Crippen molar-refractivity contribution >= 4 is 30.8 Å². The van der Waals surface area contributed by atoms with Gasteiger partial charge in [0.15, 0.2) is 9.84 Å². The van der Waals surface area contributed by atoms with Gasteiger partial charge in [-0.3, -0.25) is 4.98 Å². The lowest BCUT2D eigenvalue weighted by Gasteiger charge is -2.12. The molecule has 0 spiro atoms. The van der Waals surface area contributed by atoms with Gasteiger partial charge in [0.1, 0.15) is 4.90 Å². The first-order valence-electron chi connectivity index (χ1n) is 7.65. The fourth-order valence-corrected chi connectivity index (χ4v) is 5.71. The monoisotopic (exact) mass is 369 g/mol. The zero-order valence-corrected chi connectivity index (χ0v) is 14.6. The fourth-order valence-electron chi connectivity index (χ4n) is 2.79. The van der Waals surface area contributed by atoms with Crippen molar-refractivity contribution in [2.24, 2.45) is 0 Å². The van der Waals surface area contributed by atoms with Crippen LogP contribution in [0.25, 0.3) is 10.9 Å². The van der Waals surface area contributed by atoms with Gasteiger partial charge in [0.05, 0.1) is 17.0 Å². The average Bonchev–Trinajstić information content (AvgIpc) is 2.90. The van der Waals surface area contributed by atoms with Gasteiger partial charge in [0.25, 0.3) is 0 Å². The van der Waals surface area contributed by atoms with Gasteiger partial charge in [0.2, 0.25) is 10.0 Å². The molecule has 0 saturated carbocycles. The summed E-state index contributed by atoms with van der Waals surface area (Å²) < 4.78 is 50.2. The second kappa shape index (κ2) is 6.75. The summed E-state index contributed by atoms with van der Waals surface area (Å²) in [6, 6.07) is 8.48. The van der Waals surface area contributed by atoms with E-state index in [0.29, 0.717) is 18.5 Å². The summed E-state index contributed by atoms with van der Waals surface area (Å²) in [7, 11) is -6.61. The van der Waals surface area contributed by atoms with E-state index in [1.54, 1.807) is 18.3 Å². The normalized spacial score (nSPS) is 20.4. The third kappa shape index (κ3) is 3.92. The van der Waals surface area contributed by atoms with Crippen molar-refractivity contribution in [3.05, 3.63) is 36.5 Å². The molecule has 0 bridgehead atoms. The molecule has 0 radical (unpaired) electrons. The minimum atomic E-state index is -3.68. The molecule has 2 aromatic rings. The molecule has 3 rings (SSSR count). The second-order valence-corrected chi connectivity index (χ2v) is 9.75. The van der Waals surface area contributed by atoms with Crippen molar-refractivity contribution in [2.45, 2.75) is 17.4 Å². The highest BCUT2D eigenvalue weighted by Crippen LogP contribution is 2.20. The van der Waals surface area contributed by atoms with Crippen LogP contribution in [0.5, 0.6) is 0 Å². The quantitative estimate of drug-likeness (QED) is 0.709. The first kappa shape index (κ1) is 17.3. The van der Waals surface area contributed by atoms with Crippen LogP contribution in [0.3, 0.4) is 0 Å². The number of hydrogen-bond donors (Lipinski definition) is 2. The van der Waals surface area contributed by atoms with Gasteiger partial charge in [-0.1, -0.05) is 18.2 Å². The first-order valence-corrected chi connectivity index (χ1v) is 11.0. The Morgan fingerprint density at radius 1 is 1.17 bits per heavy atom. The van der Waals surface area contributed by atoms with Crippen LogP contribution < -0.4 is 10.0 Å². The molecule has 1 aromatic carbocycles. The van der Waals surface area contributed by atoms with Gasteiger partial charge in [-0.15, -0.1) is 0 Å². The number of sulfone groups is 1. The van der Waals surface area contributed by atoms with E-state index in [0.717, 1.165) is 5.39 Å². The Bertz CT molecular complexity index is 937. The Labute approximate surface area is 141 Å². The van der Waals surface area contributed by atoms with Crippen molar-refractivity contribution in [2.75, 3.05) is 24.6 Å². The number of pyridine rings is 1. The minimum Gasteiger partial charge on any atom is -0.312 e. The Morgan fingerprint density at radius 2 is 1.96 bits per heavy atom. The highest BCUT2D eigenvalue weighted by molar-refractivity contribution is 7.91. The van der Waals surface area contributed by atoms with Crippen molar-refractivity contribution in [3.63, 3.8) is 0 Å². The van der Waals surface area contributed by atoms with Crippen LogP contribution in [0.1, 0.15) is 6.42 Å². The number of benzene rings is 1. The van der Waals surface area contributed by atoms with E-state index in [-0.39, 0.29) is 29.0 Å². The number of hydrogen-bond acceptors (Lipinski definition) is 6. The zero-order chi connectivity index (χ0) is 17.2. The SMILES string of the molecule is O=S1(=O)CC[C@H](NCCNS(=O)(=O)c2cccc3cccnc23)C1. The highest BCUT2D eigenvalue weighted by Gasteiger charge is 2.27. The first-order chi connectivity index (χ1) is 11.4. The number of para-hydroxylation sites is 1. The summed E-state index contributed by atoms with van der Waals surface area (Å²) in [6.07, 6.45) is 2.13. The van der Waals surface area contributed by atoms with Crippen molar-refractivity contribution in [1.29, 1.82) is 0 Å². The van der Waals surface area contributed by atoms with E-state index in [4.69, 9.17) is 0 Å². The largest absolute Gasteiger partial charge is 0.312 e. The molecular weight excluding hydrogens is 350 g/mol. The summed E-state index contributed by atoms with van der Waals surface area (Å²) in [5.41, 5.74) is 0.433. The molecule has 1 saturated heterocycles. The number of sulfonamides is 1. The van der Waals surface area contributed by atoms with Gasteiger partial charge < -0.3 is 5.32 Å². The van der Waals surface area contributed by atoms with Crippen LogP contribution in [0, 0.1) is 0 Å². The Hall–Kier alpha value is -1.55. The number of fused-ring (bicyclic) bond motifs is 1. The molecule has 2 N–H and O–H groups in total. The standard InChI is InChI=1S/C15H19N3O4S2/c19-23(20)10-6-13(11-23)16-8-9-18-24(21,22)14-5-1-3-12-4-2-7-17-15(12)14/h1-5,7,13,16,18H,6,8-11H2/t13-/m0/s1. The van der Waals surface area contributed by atoms with Crippen LogP contribution in [0.15, 0.2) is 41.4 Å². The maximum absolute atomic E-state index is 12.5. The number of nitrogens with one attached hydrogen (secondary N) is 2. The molecule has 1 aliphatic rings. The molecular formula is C15H19N3O4S2. The van der Waals surface area contributed by atoms with Crippen LogP contribution in [-0.4, -0.2) is 52.5 Å². The van der Waals surface area contributed by atoms with E-state index >= 15 is 0 Å². The highest BCUT2D eigenvalue weighted by atomic mass is 32.2. The average molecular weight is 369 g/mol. The summed E-state index contributed by atoms with van der Waals surface area (Å²) in [5.74, 6) is 0.311. The minimum absolute atomic E-state index is 0.0984. The summed E-state index contributed by atoms with van der Waals surface area (Å²) in [5, 5.41) is 3.84. The maximum Gasteiger partial charge on any atom is 0.242 e. The molecule has 9 heteroatoms. The fraction of sp³-hybridized carbons (Fsp3) is 0.400. The van der Waals surface area contributed by atoms with Crippen molar-refractivity contribution in [3.8, 4) is 0 Å². The predicted octanol–water partition coefficient (Wildman–Crippen LogP) is 0.290. The third-order valence-electron chi connectivity index (χ3n) is 3.97.